The molecule has 2 nitrogen and oxygen atoms in total. The third-order valence-electron chi connectivity index (χ3n) is 2.90. The van der Waals surface area contributed by atoms with Gasteiger partial charge in [-0.2, -0.15) is 0 Å². The number of benzene rings is 1. The summed E-state index contributed by atoms with van der Waals surface area (Å²) in [7, 11) is 0. The molecule has 1 aliphatic rings. The molecule has 1 aromatic carbocycles. The van der Waals surface area contributed by atoms with Gasteiger partial charge in [-0.05, 0) is 37.4 Å². The molecular weight excluding hydrogens is 237 g/mol. The Morgan fingerprint density at radius 2 is 2.35 bits per heavy atom. The lowest BCUT2D eigenvalue weighted by molar-refractivity contribution is 0.129. The molecule has 0 amide bonds. The fourth-order valence-electron chi connectivity index (χ4n) is 2.02. The van der Waals surface area contributed by atoms with Crippen molar-refractivity contribution >= 4 is 11.8 Å². The van der Waals surface area contributed by atoms with Gasteiger partial charge in [-0.25, -0.2) is 4.39 Å². The van der Waals surface area contributed by atoms with Crippen molar-refractivity contribution in [1.29, 1.82) is 0 Å². The summed E-state index contributed by atoms with van der Waals surface area (Å²) in [6, 6.07) is 5.21. The fourth-order valence-corrected chi connectivity index (χ4v) is 3.20. The first kappa shape index (κ1) is 12.9. The average Bonchev–Trinajstić information content (AvgIpc) is 2.82. The first-order valence-electron chi connectivity index (χ1n) is 6.03. The van der Waals surface area contributed by atoms with E-state index in [0.717, 1.165) is 42.1 Å². The van der Waals surface area contributed by atoms with E-state index in [1.165, 1.54) is 6.07 Å². The summed E-state index contributed by atoms with van der Waals surface area (Å²) in [5.41, 5.74) is 6.55. The molecule has 1 aliphatic heterocycles. The Hall–Kier alpha value is -0.580. The lowest BCUT2D eigenvalue weighted by atomic mass is 10.1. The summed E-state index contributed by atoms with van der Waals surface area (Å²) in [4.78, 5) is 0.744. The van der Waals surface area contributed by atoms with E-state index < -0.39 is 0 Å². The molecule has 4 heteroatoms. The Kier molecular flexibility index (Phi) is 4.83. The Balaban J connectivity index is 2.02. The van der Waals surface area contributed by atoms with Crippen molar-refractivity contribution in [3.63, 3.8) is 0 Å². The summed E-state index contributed by atoms with van der Waals surface area (Å²) in [5.74, 6) is 0.692. The van der Waals surface area contributed by atoms with E-state index in [1.807, 2.05) is 6.07 Å². The van der Waals surface area contributed by atoms with Gasteiger partial charge in [-0.15, -0.1) is 11.8 Å². The van der Waals surface area contributed by atoms with Crippen molar-refractivity contribution < 1.29 is 9.13 Å². The van der Waals surface area contributed by atoms with E-state index in [0.29, 0.717) is 6.54 Å². The molecular formula is C13H18FNOS. The second-order valence-corrected chi connectivity index (χ2v) is 5.24. The van der Waals surface area contributed by atoms with E-state index in [4.69, 9.17) is 10.5 Å². The predicted molar refractivity (Wildman–Crippen MR) is 68.9 cm³/mol. The standard InChI is InChI=1S/C13H18FNOS/c14-12-5-1-3-10(6-7-15)13(12)17-9-11-4-2-8-16-11/h1,3,5,11H,2,4,6-9,15H2. The maximum Gasteiger partial charge on any atom is 0.137 e. The summed E-state index contributed by atoms with van der Waals surface area (Å²) >= 11 is 1.56. The lowest BCUT2D eigenvalue weighted by Gasteiger charge is -2.12. The smallest absolute Gasteiger partial charge is 0.137 e. The van der Waals surface area contributed by atoms with Crippen LogP contribution in [0.1, 0.15) is 18.4 Å². The van der Waals surface area contributed by atoms with E-state index in [1.54, 1.807) is 17.8 Å². The molecule has 1 unspecified atom stereocenters. The monoisotopic (exact) mass is 255 g/mol. The maximum atomic E-state index is 13.7. The minimum Gasteiger partial charge on any atom is -0.377 e. The molecule has 1 aromatic rings. The van der Waals surface area contributed by atoms with Crippen molar-refractivity contribution in [2.75, 3.05) is 18.9 Å². The summed E-state index contributed by atoms with van der Waals surface area (Å²) in [6.45, 7) is 1.40. The SMILES string of the molecule is NCCc1cccc(F)c1SCC1CCCO1. The normalized spacial score (nSPS) is 19.8. The molecule has 1 heterocycles. The first-order valence-corrected chi connectivity index (χ1v) is 7.01. The highest BCUT2D eigenvalue weighted by Crippen LogP contribution is 2.29. The molecule has 0 radical (unpaired) electrons. The fraction of sp³-hybridized carbons (Fsp3) is 0.538. The summed E-state index contributed by atoms with van der Waals surface area (Å²) < 4.78 is 19.3. The minimum absolute atomic E-state index is 0.140. The van der Waals surface area contributed by atoms with Gasteiger partial charge in [0.25, 0.3) is 0 Å². The highest BCUT2D eigenvalue weighted by molar-refractivity contribution is 7.99. The lowest BCUT2D eigenvalue weighted by Crippen LogP contribution is -2.09. The second kappa shape index (κ2) is 6.38. The number of rotatable bonds is 5. The zero-order chi connectivity index (χ0) is 12.1. The van der Waals surface area contributed by atoms with Crippen molar-refractivity contribution in [2.45, 2.75) is 30.3 Å². The Labute approximate surface area is 106 Å². The van der Waals surface area contributed by atoms with E-state index in [-0.39, 0.29) is 11.9 Å². The van der Waals surface area contributed by atoms with Crippen LogP contribution in [0.25, 0.3) is 0 Å². The maximum absolute atomic E-state index is 13.7. The quantitative estimate of drug-likeness (QED) is 0.821. The Bertz CT molecular complexity index is 366. The highest BCUT2D eigenvalue weighted by atomic mass is 32.2. The molecule has 0 aliphatic carbocycles. The number of ether oxygens (including phenoxy) is 1. The van der Waals surface area contributed by atoms with Crippen LogP contribution >= 0.6 is 11.8 Å². The number of nitrogens with two attached hydrogens (primary N) is 1. The summed E-state index contributed by atoms with van der Waals surface area (Å²) in [6.07, 6.45) is 3.22. The van der Waals surface area contributed by atoms with Gasteiger partial charge in [0, 0.05) is 17.3 Å². The van der Waals surface area contributed by atoms with Crippen LogP contribution < -0.4 is 5.73 Å². The van der Waals surface area contributed by atoms with Crippen molar-refractivity contribution in [3.05, 3.63) is 29.6 Å². The molecule has 0 saturated carbocycles. The van der Waals surface area contributed by atoms with Crippen LogP contribution in [0.4, 0.5) is 4.39 Å². The van der Waals surface area contributed by atoms with Gasteiger partial charge in [0.15, 0.2) is 0 Å². The van der Waals surface area contributed by atoms with Crippen molar-refractivity contribution in [3.8, 4) is 0 Å². The van der Waals surface area contributed by atoms with Gasteiger partial charge in [0.05, 0.1) is 6.10 Å². The molecule has 0 bridgehead atoms. The van der Waals surface area contributed by atoms with Crippen LogP contribution in [0.3, 0.4) is 0 Å². The zero-order valence-electron chi connectivity index (χ0n) is 9.82. The van der Waals surface area contributed by atoms with E-state index >= 15 is 0 Å². The van der Waals surface area contributed by atoms with Gasteiger partial charge >= 0.3 is 0 Å². The van der Waals surface area contributed by atoms with Crippen molar-refractivity contribution in [2.24, 2.45) is 5.73 Å². The van der Waals surface area contributed by atoms with E-state index in [2.05, 4.69) is 0 Å². The first-order chi connectivity index (χ1) is 8.31. The molecule has 1 fully saturated rings. The van der Waals surface area contributed by atoms with Crippen LogP contribution in [0.5, 0.6) is 0 Å². The number of hydrogen-bond donors (Lipinski definition) is 1. The van der Waals surface area contributed by atoms with E-state index in [9.17, 15) is 4.39 Å². The van der Waals surface area contributed by atoms with Crippen LogP contribution in [-0.4, -0.2) is 25.0 Å². The van der Waals surface area contributed by atoms with Crippen LogP contribution in [-0.2, 0) is 11.2 Å². The molecule has 1 saturated heterocycles. The predicted octanol–water partition coefficient (Wildman–Crippen LogP) is 2.60. The molecule has 0 spiro atoms. The van der Waals surface area contributed by atoms with Crippen LogP contribution in [0.2, 0.25) is 0 Å². The van der Waals surface area contributed by atoms with Gasteiger partial charge < -0.3 is 10.5 Å². The third kappa shape index (κ3) is 3.44. The van der Waals surface area contributed by atoms with Crippen LogP contribution in [0, 0.1) is 5.82 Å². The largest absolute Gasteiger partial charge is 0.377 e. The van der Waals surface area contributed by atoms with Gasteiger partial charge in [-0.3, -0.25) is 0 Å². The number of thioether (sulfide) groups is 1. The van der Waals surface area contributed by atoms with Crippen molar-refractivity contribution in [1.82, 2.24) is 0 Å². The Morgan fingerprint density at radius 3 is 3.06 bits per heavy atom. The third-order valence-corrected chi connectivity index (χ3v) is 4.18. The van der Waals surface area contributed by atoms with Crippen LogP contribution in [0.15, 0.2) is 23.1 Å². The Morgan fingerprint density at radius 1 is 1.47 bits per heavy atom. The molecule has 0 aromatic heterocycles. The minimum atomic E-state index is -0.140. The molecule has 17 heavy (non-hydrogen) atoms. The van der Waals surface area contributed by atoms with Gasteiger partial charge in [0.2, 0.25) is 0 Å². The number of halogens is 1. The molecule has 2 rings (SSSR count). The van der Waals surface area contributed by atoms with Gasteiger partial charge in [-0.1, -0.05) is 12.1 Å². The molecule has 94 valence electrons. The molecule has 1 atom stereocenters. The molecule has 2 N–H and O–H groups in total. The second-order valence-electron chi connectivity index (χ2n) is 4.21. The zero-order valence-corrected chi connectivity index (χ0v) is 10.6. The summed E-state index contributed by atoms with van der Waals surface area (Å²) in [5, 5.41) is 0. The highest BCUT2D eigenvalue weighted by Gasteiger charge is 2.17. The van der Waals surface area contributed by atoms with Gasteiger partial charge in [0.1, 0.15) is 5.82 Å². The average molecular weight is 255 g/mol. The topological polar surface area (TPSA) is 35.2 Å². The number of hydrogen-bond acceptors (Lipinski definition) is 3.